The molecule has 4 heterocycles. The number of para-hydroxylation sites is 1. The highest BCUT2D eigenvalue weighted by atomic mass is 35.5. The predicted molar refractivity (Wildman–Crippen MR) is 216 cm³/mol. The van der Waals surface area contributed by atoms with Gasteiger partial charge in [0.1, 0.15) is 35.4 Å². The molecule has 320 valence electrons. The molecule has 9 rings (SSSR count). The number of carbonyl (C=O) groups is 1. The topological polar surface area (TPSA) is 150 Å². The monoisotopic (exact) mass is 895 g/mol. The average Bonchev–Trinajstić information content (AvgIpc) is 3.73. The molecule has 3 atom stereocenters. The van der Waals surface area contributed by atoms with Gasteiger partial charge in [0.2, 0.25) is 15.9 Å². The number of aryl methyl sites for hydroxylation is 2. The van der Waals surface area contributed by atoms with Crippen molar-refractivity contribution in [1.82, 2.24) is 34.1 Å². The molecule has 1 N–H and O–H groups in total. The summed E-state index contributed by atoms with van der Waals surface area (Å²) in [5, 5.41) is 8.27. The van der Waals surface area contributed by atoms with Gasteiger partial charge in [-0.25, -0.2) is 35.9 Å². The Morgan fingerprint density at radius 2 is 1.73 bits per heavy atom. The van der Waals surface area contributed by atoms with Gasteiger partial charge in [0.05, 0.1) is 39.3 Å². The van der Waals surface area contributed by atoms with Gasteiger partial charge in [0.25, 0.3) is 17.9 Å². The van der Waals surface area contributed by atoms with Gasteiger partial charge in [-0.2, -0.15) is 19.0 Å². The number of carbonyl (C=O) groups excluding carboxylic acids is 1. The van der Waals surface area contributed by atoms with E-state index in [0.29, 0.717) is 16.4 Å². The number of anilines is 2. The zero-order chi connectivity index (χ0) is 44.2. The SMILES string of the molecule is Cc1ccc2c(=O)n(-c3ccc(Cl)c4c(NS(C)(=O)=O)nn(C)c34)c([C@H](Cc3cc(F)cc(F)c3)N(C(=O)Cn3nc(C(F)F)c4c3C(F)(F)[C@@H]3C[C@H]43)c3ccccc3)nc2n1. The summed E-state index contributed by atoms with van der Waals surface area (Å²) in [5.41, 5.74) is -2.19. The summed E-state index contributed by atoms with van der Waals surface area (Å²) < 4.78 is 120. The first-order chi connectivity index (χ1) is 29.3. The highest BCUT2D eigenvalue weighted by Gasteiger charge is 2.67. The van der Waals surface area contributed by atoms with Gasteiger partial charge in [-0.05, 0) is 73.4 Å². The highest BCUT2D eigenvalue weighted by molar-refractivity contribution is 7.92. The average molecular weight is 896 g/mol. The van der Waals surface area contributed by atoms with Crippen molar-refractivity contribution in [2.45, 2.75) is 50.6 Å². The second-order valence-electron chi connectivity index (χ2n) is 15.3. The van der Waals surface area contributed by atoms with Crippen molar-refractivity contribution in [3.05, 3.63) is 134 Å². The van der Waals surface area contributed by atoms with Crippen LogP contribution in [-0.2, 0) is 40.8 Å². The Labute approximate surface area is 352 Å². The van der Waals surface area contributed by atoms with Crippen LogP contribution in [0.2, 0.25) is 5.02 Å². The van der Waals surface area contributed by atoms with Crippen LogP contribution in [0.5, 0.6) is 0 Å². The first kappa shape index (κ1) is 41.1. The van der Waals surface area contributed by atoms with Crippen LogP contribution in [0.4, 0.5) is 37.8 Å². The number of aromatic nitrogens is 7. The number of hydrogen-bond acceptors (Lipinski definition) is 8. The summed E-state index contributed by atoms with van der Waals surface area (Å²) in [6.45, 7) is 0.638. The molecule has 0 aliphatic heterocycles. The molecule has 1 saturated carbocycles. The molecule has 0 bridgehead atoms. The molecule has 2 aliphatic carbocycles. The van der Waals surface area contributed by atoms with Gasteiger partial charge < -0.3 is 0 Å². The highest BCUT2D eigenvalue weighted by Crippen LogP contribution is 2.68. The van der Waals surface area contributed by atoms with E-state index in [9.17, 15) is 26.0 Å². The number of sulfonamides is 1. The summed E-state index contributed by atoms with van der Waals surface area (Å²) in [4.78, 5) is 40.6. The summed E-state index contributed by atoms with van der Waals surface area (Å²) in [6.07, 6.45) is -2.82. The predicted octanol–water partition coefficient (Wildman–Crippen LogP) is 7.64. The molecule has 0 unspecified atom stereocenters. The second-order valence-corrected chi connectivity index (χ2v) is 17.5. The van der Waals surface area contributed by atoms with E-state index < -0.39 is 87.7 Å². The maximum absolute atomic E-state index is 15.8. The maximum atomic E-state index is 15.8. The Hall–Kier alpha value is -6.28. The van der Waals surface area contributed by atoms with Crippen molar-refractivity contribution < 1.29 is 39.6 Å². The molecule has 3 aromatic carbocycles. The number of amides is 1. The lowest BCUT2D eigenvalue weighted by Gasteiger charge is -2.33. The second kappa shape index (κ2) is 14.7. The number of nitrogens with zero attached hydrogens (tertiary/aromatic N) is 8. The Morgan fingerprint density at radius 3 is 2.40 bits per heavy atom. The molecule has 0 radical (unpaired) electrons. The van der Waals surface area contributed by atoms with Crippen LogP contribution in [-0.4, -0.2) is 54.7 Å². The smallest absolute Gasteiger partial charge is 0.293 e. The first-order valence-corrected chi connectivity index (χ1v) is 21.2. The third-order valence-electron chi connectivity index (χ3n) is 11.1. The van der Waals surface area contributed by atoms with Crippen LogP contribution in [0, 0.1) is 24.5 Å². The minimum atomic E-state index is -3.92. The molecule has 0 saturated heterocycles. The van der Waals surface area contributed by atoms with Crippen LogP contribution < -0.4 is 15.2 Å². The summed E-state index contributed by atoms with van der Waals surface area (Å²) >= 11 is 6.66. The molecule has 62 heavy (non-hydrogen) atoms. The summed E-state index contributed by atoms with van der Waals surface area (Å²) in [7, 11) is -2.46. The van der Waals surface area contributed by atoms with Crippen LogP contribution in [0.15, 0.2) is 77.6 Å². The number of halogens is 7. The van der Waals surface area contributed by atoms with E-state index >= 15 is 18.4 Å². The van der Waals surface area contributed by atoms with E-state index in [4.69, 9.17) is 16.6 Å². The fourth-order valence-electron chi connectivity index (χ4n) is 8.54. The number of alkyl halides is 4. The van der Waals surface area contributed by atoms with E-state index in [2.05, 4.69) is 19.9 Å². The lowest BCUT2D eigenvalue weighted by atomic mass is 10.0. The first-order valence-electron chi connectivity index (χ1n) is 18.9. The standard InChI is InChI=1S/C41H32ClF6N9O4S/c1-19-9-10-24-37(49-19)50-39(57(40(24)59)28-12-11-27(42)32-34(28)54(2)52-38(32)53-62(3,60)61)29(15-20-13-21(43)16-22(44)14-20)56(23-7-5-4-6-8-23)30(58)18-55-35-31(33(51-55)36(45)46)25-17-26(25)41(35,47)48/h4-14,16,25-26,29,36H,15,17-18H2,1-3H3,(H,52,53)/t25-,26+,29-/m0/s1. The minimum absolute atomic E-state index is 0.0112. The fourth-order valence-corrected chi connectivity index (χ4v) is 9.27. The summed E-state index contributed by atoms with van der Waals surface area (Å²) in [5.74, 6) is -9.06. The number of nitrogens with one attached hydrogen (secondary N) is 1. The van der Waals surface area contributed by atoms with Gasteiger partial charge in [-0.1, -0.05) is 29.8 Å². The Bertz CT molecular complexity index is 3160. The van der Waals surface area contributed by atoms with Crippen molar-refractivity contribution in [3.8, 4) is 5.69 Å². The number of pyridine rings is 1. The zero-order valence-electron chi connectivity index (χ0n) is 32.6. The van der Waals surface area contributed by atoms with Crippen molar-refractivity contribution in [1.29, 1.82) is 0 Å². The van der Waals surface area contributed by atoms with E-state index in [1.165, 1.54) is 42.1 Å². The maximum Gasteiger partial charge on any atom is 0.293 e. The van der Waals surface area contributed by atoms with E-state index in [1.807, 2.05) is 0 Å². The number of benzene rings is 3. The van der Waals surface area contributed by atoms with Gasteiger partial charge in [0.15, 0.2) is 11.5 Å². The van der Waals surface area contributed by atoms with E-state index in [0.717, 1.165) is 27.9 Å². The fraction of sp³-hybridized carbons (Fsp3) is 0.268. The van der Waals surface area contributed by atoms with E-state index in [1.54, 1.807) is 31.2 Å². The molecule has 1 amide bonds. The van der Waals surface area contributed by atoms with Crippen molar-refractivity contribution in [2.24, 2.45) is 13.0 Å². The molecule has 13 nitrogen and oxygen atoms in total. The number of fused-ring (bicyclic) bond motifs is 5. The quantitative estimate of drug-likeness (QED) is 0.130. The molecule has 0 spiro atoms. The number of rotatable bonds is 11. The van der Waals surface area contributed by atoms with Crippen LogP contribution in [0.25, 0.3) is 27.6 Å². The third kappa shape index (κ3) is 6.94. The molecule has 7 aromatic rings. The van der Waals surface area contributed by atoms with E-state index in [-0.39, 0.29) is 67.5 Å². The normalized spacial score (nSPS) is 17.1. The molecule has 21 heteroatoms. The minimum Gasteiger partial charge on any atom is -0.300 e. The molecule has 1 fully saturated rings. The van der Waals surface area contributed by atoms with Crippen LogP contribution in [0.1, 0.15) is 58.8 Å². The lowest BCUT2D eigenvalue weighted by Crippen LogP contribution is -2.42. The van der Waals surface area contributed by atoms with Crippen molar-refractivity contribution in [3.63, 3.8) is 0 Å². The van der Waals surface area contributed by atoms with Gasteiger partial charge in [-0.3, -0.25) is 33.1 Å². The van der Waals surface area contributed by atoms with Crippen molar-refractivity contribution in [2.75, 3.05) is 15.9 Å². The van der Waals surface area contributed by atoms with Crippen LogP contribution >= 0.6 is 11.6 Å². The molecule has 2 aliphatic rings. The van der Waals surface area contributed by atoms with Gasteiger partial charge >= 0.3 is 0 Å². The lowest BCUT2D eigenvalue weighted by molar-refractivity contribution is -0.120. The molecular formula is C41H32ClF6N9O4S. The summed E-state index contributed by atoms with van der Waals surface area (Å²) in [6, 6.07) is 14.6. The van der Waals surface area contributed by atoms with Crippen molar-refractivity contribution >= 4 is 61.0 Å². The molecule has 4 aromatic heterocycles. The number of hydrogen-bond donors (Lipinski definition) is 1. The largest absolute Gasteiger partial charge is 0.300 e. The Balaban J connectivity index is 1.33. The zero-order valence-corrected chi connectivity index (χ0v) is 34.2. The Morgan fingerprint density at radius 1 is 1.02 bits per heavy atom. The van der Waals surface area contributed by atoms with Gasteiger partial charge in [0, 0.05) is 42.4 Å². The molecular weight excluding hydrogens is 864 g/mol. The Kier molecular flexibility index (Phi) is 9.73. The van der Waals surface area contributed by atoms with Crippen LogP contribution in [0.3, 0.4) is 0 Å². The van der Waals surface area contributed by atoms with Gasteiger partial charge in [-0.15, -0.1) is 0 Å². The third-order valence-corrected chi connectivity index (χ3v) is 11.9.